The summed E-state index contributed by atoms with van der Waals surface area (Å²) in [5, 5.41) is 0. The molecule has 0 aromatic heterocycles. The second kappa shape index (κ2) is 2.33. The molecule has 4 heteroatoms. The molecule has 1 aliphatic heterocycles. The van der Waals surface area contributed by atoms with E-state index in [1.807, 2.05) is 0 Å². The Morgan fingerprint density at radius 1 is 1.78 bits per heavy atom. The minimum Gasteiger partial charge on any atom is -0.460 e. The van der Waals surface area contributed by atoms with Crippen LogP contribution in [0.1, 0.15) is 6.42 Å². The number of carbonyl (C=O) groups excluding carboxylic acids is 1. The lowest BCUT2D eigenvalue weighted by Gasteiger charge is -2.01. The fraction of sp³-hybridized carbons (Fsp3) is 0.800. The van der Waals surface area contributed by atoms with Gasteiger partial charge in [0, 0.05) is 13.0 Å². The van der Waals surface area contributed by atoms with Crippen molar-refractivity contribution >= 4 is 5.97 Å². The highest BCUT2D eigenvalue weighted by Gasteiger charge is 2.29. The maximum Gasteiger partial charge on any atom is 0.323 e. The van der Waals surface area contributed by atoms with Crippen molar-refractivity contribution in [3.8, 4) is 0 Å². The van der Waals surface area contributed by atoms with Gasteiger partial charge in [-0.25, -0.2) is 0 Å². The van der Waals surface area contributed by atoms with Crippen LogP contribution in [0.25, 0.3) is 0 Å². The van der Waals surface area contributed by atoms with Gasteiger partial charge in [-0.15, -0.1) is 0 Å². The first-order valence-electron chi connectivity index (χ1n) is 2.90. The third-order valence-electron chi connectivity index (χ3n) is 1.37. The third-order valence-corrected chi connectivity index (χ3v) is 1.37. The summed E-state index contributed by atoms with van der Waals surface area (Å²) >= 11 is 0. The minimum atomic E-state index is -0.446. The summed E-state index contributed by atoms with van der Waals surface area (Å²) in [6, 6.07) is -0.446. The molecule has 0 bridgehead atoms. The second-order valence-corrected chi connectivity index (χ2v) is 2.14. The number of cyclic esters (lactones) is 1. The summed E-state index contributed by atoms with van der Waals surface area (Å²) in [6.45, 7) is 0.374. The van der Waals surface area contributed by atoms with Gasteiger partial charge in [0.15, 0.2) is 0 Å². The Hall–Kier alpha value is -0.610. The van der Waals surface area contributed by atoms with Crippen LogP contribution in [-0.4, -0.2) is 24.7 Å². The van der Waals surface area contributed by atoms with E-state index in [9.17, 15) is 4.79 Å². The number of carbonyl (C=O) groups is 1. The van der Waals surface area contributed by atoms with Gasteiger partial charge in [0.1, 0.15) is 12.1 Å². The van der Waals surface area contributed by atoms with Crippen LogP contribution in [0.4, 0.5) is 0 Å². The van der Waals surface area contributed by atoms with Crippen LogP contribution in [0, 0.1) is 0 Å². The summed E-state index contributed by atoms with van der Waals surface area (Å²) < 4.78 is 4.73. The predicted octanol–water partition coefficient (Wildman–Crippen LogP) is -1.41. The number of esters is 1. The van der Waals surface area contributed by atoms with Gasteiger partial charge in [0.2, 0.25) is 0 Å². The highest BCUT2D eigenvalue weighted by molar-refractivity contribution is 5.77. The number of ether oxygens (including phenoxy) is 1. The molecule has 0 aromatic carbocycles. The van der Waals surface area contributed by atoms with E-state index in [0.29, 0.717) is 13.0 Å². The summed E-state index contributed by atoms with van der Waals surface area (Å²) in [4.78, 5) is 10.5. The standard InChI is InChI=1S/C5H10N2O2/c6-2-3-1-4(7)5(8)9-3/h3-4H,1-2,6-7H2. The molecular weight excluding hydrogens is 120 g/mol. The van der Waals surface area contributed by atoms with E-state index in [0.717, 1.165) is 0 Å². The smallest absolute Gasteiger partial charge is 0.323 e. The molecule has 2 atom stereocenters. The summed E-state index contributed by atoms with van der Waals surface area (Å²) in [6.07, 6.45) is 0.419. The molecule has 2 unspecified atom stereocenters. The van der Waals surface area contributed by atoms with Crippen LogP contribution in [0.3, 0.4) is 0 Å². The lowest BCUT2D eigenvalue weighted by Crippen LogP contribution is -2.24. The van der Waals surface area contributed by atoms with E-state index in [1.165, 1.54) is 0 Å². The van der Waals surface area contributed by atoms with Gasteiger partial charge in [-0.3, -0.25) is 4.79 Å². The number of hydrogen-bond acceptors (Lipinski definition) is 4. The zero-order chi connectivity index (χ0) is 6.85. The average Bonchev–Trinajstić information content (AvgIpc) is 2.13. The molecule has 0 radical (unpaired) electrons. The maximum atomic E-state index is 10.5. The molecular formula is C5H10N2O2. The van der Waals surface area contributed by atoms with Crippen LogP contribution in [0.2, 0.25) is 0 Å². The van der Waals surface area contributed by atoms with E-state index < -0.39 is 6.04 Å². The molecule has 0 spiro atoms. The summed E-state index contributed by atoms with van der Waals surface area (Å²) in [5.41, 5.74) is 10.5. The highest BCUT2D eigenvalue weighted by Crippen LogP contribution is 2.10. The Morgan fingerprint density at radius 2 is 2.44 bits per heavy atom. The van der Waals surface area contributed by atoms with Gasteiger partial charge < -0.3 is 16.2 Å². The SMILES string of the molecule is NCC1CC(N)C(=O)O1. The molecule has 0 aromatic rings. The normalized spacial score (nSPS) is 34.7. The monoisotopic (exact) mass is 130 g/mol. The van der Waals surface area contributed by atoms with Crippen molar-refractivity contribution in [2.24, 2.45) is 11.5 Å². The molecule has 1 aliphatic rings. The summed E-state index contributed by atoms with van der Waals surface area (Å²) in [5.74, 6) is -0.328. The van der Waals surface area contributed by atoms with Crippen LogP contribution in [0.5, 0.6) is 0 Å². The van der Waals surface area contributed by atoms with Crippen molar-refractivity contribution in [1.29, 1.82) is 0 Å². The molecule has 1 fully saturated rings. The largest absolute Gasteiger partial charge is 0.460 e. The van der Waals surface area contributed by atoms with Crippen molar-refractivity contribution in [3.63, 3.8) is 0 Å². The summed E-state index contributed by atoms with van der Waals surface area (Å²) in [7, 11) is 0. The Morgan fingerprint density at radius 3 is 2.67 bits per heavy atom. The Kier molecular flexibility index (Phi) is 1.68. The second-order valence-electron chi connectivity index (χ2n) is 2.14. The van der Waals surface area contributed by atoms with E-state index in [2.05, 4.69) is 0 Å². The molecule has 4 N–H and O–H groups in total. The third kappa shape index (κ3) is 1.20. The molecule has 1 saturated heterocycles. The molecule has 52 valence electrons. The first kappa shape index (κ1) is 6.51. The zero-order valence-electron chi connectivity index (χ0n) is 5.04. The Bertz CT molecular complexity index is 126. The Labute approximate surface area is 53.1 Å². The maximum absolute atomic E-state index is 10.5. The molecule has 4 nitrogen and oxygen atoms in total. The van der Waals surface area contributed by atoms with Gasteiger partial charge in [0.25, 0.3) is 0 Å². The van der Waals surface area contributed by atoms with E-state index in [1.54, 1.807) is 0 Å². The van der Waals surface area contributed by atoms with Crippen LogP contribution in [0.15, 0.2) is 0 Å². The zero-order valence-corrected chi connectivity index (χ0v) is 5.04. The molecule has 0 aliphatic carbocycles. The van der Waals surface area contributed by atoms with Crippen molar-refractivity contribution in [2.75, 3.05) is 6.54 Å². The quantitative estimate of drug-likeness (QED) is 0.427. The van der Waals surface area contributed by atoms with E-state index >= 15 is 0 Å². The van der Waals surface area contributed by atoms with Crippen molar-refractivity contribution in [1.82, 2.24) is 0 Å². The van der Waals surface area contributed by atoms with E-state index in [-0.39, 0.29) is 12.1 Å². The van der Waals surface area contributed by atoms with Gasteiger partial charge in [-0.05, 0) is 0 Å². The number of nitrogens with two attached hydrogens (primary N) is 2. The minimum absolute atomic E-state index is 0.146. The molecule has 0 saturated carbocycles. The first-order valence-corrected chi connectivity index (χ1v) is 2.90. The lowest BCUT2D eigenvalue weighted by atomic mass is 10.2. The van der Waals surface area contributed by atoms with E-state index in [4.69, 9.17) is 16.2 Å². The topological polar surface area (TPSA) is 78.3 Å². The van der Waals surface area contributed by atoms with Crippen LogP contribution < -0.4 is 11.5 Å². The van der Waals surface area contributed by atoms with Gasteiger partial charge in [-0.1, -0.05) is 0 Å². The van der Waals surface area contributed by atoms with Gasteiger partial charge in [0.05, 0.1) is 0 Å². The predicted molar refractivity (Wildman–Crippen MR) is 31.5 cm³/mol. The first-order chi connectivity index (χ1) is 4.24. The fourth-order valence-electron chi connectivity index (χ4n) is 0.824. The van der Waals surface area contributed by atoms with Crippen molar-refractivity contribution in [3.05, 3.63) is 0 Å². The van der Waals surface area contributed by atoms with Crippen molar-refractivity contribution < 1.29 is 9.53 Å². The van der Waals surface area contributed by atoms with Crippen molar-refractivity contribution in [2.45, 2.75) is 18.6 Å². The van der Waals surface area contributed by atoms with Crippen LogP contribution >= 0.6 is 0 Å². The molecule has 0 amide bonds. The molecule has 1 heterocycles. The van der Waals surface area contributed by atoms with Crippen LogP contribution in [-0.2, 0) is 9.53 Å². The fourth-order valence-corrected chi connectivity index (χ4v) is 0.824. The molecule has 9 heavy (non-hydrogen) atoms. The average molecular weight is 130 g/mol. The highest BCUT2D eigenvalue weighted by atomic mass is 16.6. The molecule has 1 rings (SSSR count). The lowest BCUT2D eigenvalue weighted by molar-refractivity contribution is -0.142. The number of rotatable bonds is 1. The Balaban J connectivity index is 2.44. The van der Waals surface area contributed by atoms with Gasteiger partial charge in [-0.2, -0.15) is 0 Å². The van der Waals surface area contributed by atoms with Gasteiger partial charge >= 0.3 is 5.97 Å². The number of hydrogen-bond donors (Lipinski definition) is 2.